The molecule has 0 atom stereocenters. The highest BCUT2D eigenvalue weighted by molar-refractivity contribution is 6.30. The molecule has 1 saturated carbocycles. The molecule has 0 bridgehead atoms. The maximum Gasteiger partial charge on any atom is 0.258 e. The number of hydrogen-bond acceptors (Lipinski definition) is 4. The lowest BCUT2D eigenvalue weighted by molar-refractivity contribution is 0.0952. The molecular formula is C25H24ClFN4O2. The van der Waals surface area contributed by atoms with Crippen LogP contribution in [0.25, 0.3) is 11.1 Å². The van der Waals surface area contributed by atoms with Crippen LogP contribution in [0.15, 0.2) is 47.5 Å². The molecule has 0 spiro atoms. The monoisotopic (exact) mass is 466 g/mol. The second-order valence-electron chi connectivity index (χ2n) is 8.66. The summed E-state index contributed by atoms with van der Waals surface area (Å²) in [6.45, 7) is 1.21. The number of pyridine rings is 2. The van der Waals surface area contributed by atoms with Gasteiger partial charge in [-0.05, 0) is 68.4 Å². The smallest absolute Gasteiger partial charge is 0.258 e. The number of halogens is 2. The van der Waals surface area contributed by atoms with Crippen molar-refractivity contribution in [2.75, 3.05) is 11.9 Å². The third-order valence-corrected chi connectivity index (χ3v) is 6.48. The van der Waals surface area contributed by atoms with Gasteiger partial charge in [-0.3, -0.25) is 14.6 Å². The van der Waals surface area contributed by atoms with E-state index in [-0.39, 0.29) is 22.6 Å². The molecule has 1 aliphatic carbocycles. The Kier molecular flexibility index (Phi) is 5.89. The number of anilines is 2. The maximum absolute atomic E-state index is 14.7. The number of fused-ring (bicyclic) bond motifs is 1. The van der Waals surface area contributed by atoms with E-state index in [4.69, 9.17) is 11.6 Å². The standard InChI is InChI=1S/C25H24ClFN4O2/c26-16-6-7-20(27)17(11-16)18-12-22(23-3-1-2-10-31(23)25(18)33)30-21-8-9-28-14-19(21)24(32)29-13-15-4-5-15/h6-9,11-12,14-15H,1-5,10,13H2,(H,28,30)(H,29,32). The zero-order valence-corrected chi connectivity index (χ0v) is 18.8. The molecule has 2 aliphatic rings. The van der Waals surface area contributed by atoms with Crippen molar-refractivity contribution in [3.63, 3.8) is 0 Å². The number of rotatable bonds is 6. The highest BCUT2D eigenvalue weighted by atomic mass is 35.5. The number of carbonyl (C=O) groups excluding carboxylic acids is 1. The number of aromatic nitrogens is 2. The van der Waals surface area contributed by atoms with Crippen molar-refractivity contribution in [2.24, 2.45) is 5.92 Å². The first-order valence-corrected chi connectivity index (χ1v) is 11.6. The molecule has 2 N–H and O–H groups in total. The fourth-order valence-electron chi connectivity index (χ4n) is 4.26. The Morgan fingerprint density at radius 3 is 2.82 bits per heavy atom. The Morgan fingerprint density at radius 1 is 1.15 bits per heavy atom. The van der Waals surface area contributed by atoms with E-state index >= 15 is 0 Å². The lowest BCUT2D eigenvalue weighted by atomic mass is 10.0. The highest BCUT2D eigenvalue weighted by Gasteiger charge is 2.24. The van der Waals surface area contributed by atoms with Crippen molar-refractivity contribution >= 4 is 28.9 Å². The van der Waals surface area contributed by atoms with E-state index in [0.717, 1.165) is 31.4 Å². The van der Waals surface area contributed by atoms with Crippen LogP contribution in [-0.2, 0) is 13.0 Å². The van der Waals surface area contributed by atoms with Crippen LogP contribution >= 0.6 is 11.6 Å². The van der Waals surface area contributed by atoms with E-state index < -0.39 is 5.82 Å². The molecule has 1 aromatic carbocycles. The lowest BCUT2D eigenvalue weighted by Gasteiger charge is -2.24. The SMILES string of the molecule is O=C(NCC1CC1)c1cnccc1Nc1cc(-c2cc(Cl)ccc2F)c(=O)n2c1CCCC2. The van der Waals surface area contributed by atoms with Crippen LogP contribution in [0.5, 0.6) is 0 Å². The van der Waals surface area contributed by atoms with Crippen molar-refractivity contribution in [1.29, 1.82) is 0 Å². The minimum atomic E-state index is -0.511. The first-order valence-electron chi connectivity index (χ1n) is 11.2. The molecule has 1 fully saturated rings. The molecule has 33 heavy (non-hydrogen) atoms. The third kappa shape index (κ3) is 4.50. The predicted octanol–water partition coefficient (Wildman–Crippen LogP) is 4.92. The van der Waals surface area contributed by atoms with Crippen LogP contribution in [0.3, 0.4) is 0 Å². The summed E-state index contributed by atoms with van der Waals surface area (Å²) in [5.41, 5.74) is 2.68. The van der Waals surface area contributed by atoms with Gasteiger partial charge in [-0.25, -0.2) is 4.39 Å². The number of nitrogens with one attached hydrogen (secondary N) is 2. The molecule has 8 heteroatoms. The van der Waals surface area contributed by atoms with Gasteiger partial charge in [0.05, 0.1) is 22.5 Å². The van der Waals surface area contributed by atoms with Crippen LogP contribution < -0.4 is 16.2 Å². The number of hydrogen-bond donors (Lipinski definition) is 2. The topological polar surface area (TPSA) is 76.0 Å². The predicted molar refractivity (Wildman–Crippen MR) is 127 cm³/mol. The van der Waals surface area contributed by atoms with Crippen molar-refractivity contribution in [2.45, 2.75) is 38.6 Å². The van der Waals surface area contributed by atoms with E-state index in [2.05, 4.69) is 15.6 Å². The van der Waals surface area contributed by atoms with Gasteiger partial charge in [0, 0.05) is 41.8 Å². The van der Waals surface area contributed by atoms with E-state index in [0.29, 0.717) is 47.4 Å². The maximum atomic E-state index is 14.7. The van der Waals surface area contributed by atoms with Crippen molar-refractivity contribution in [1.82, 2.24) is 14.9 Å². The van der Waals surface area contributed by atoms with Crippen LogP contribution in [0.4, 0.5) is 15.8 Å². The second-order valence-corrected chi connectivity index (χ2v) is 9.09. The molecule has 0 saturated heterocycles. The molecule has 5 rings (SSSR count). The summed E-state index contributed by atoms with van der Waals surface area (Å²) in [5.74, 6) is -0.145. The first-order chi connectivity index (χ1) is 16.0. The fourth-order valence-corrected chi connectivity index (χ4v) is 4.43. The molecule has 1 aliphatic heterocycles. The third-order valence-electron chi connectivity index (χ3n) is 6.25. The van der Waals surface area contributed by atoms with Crippen LogP contribution in [0.2, 0.25) is 5.02 Å². The summed E-state index contributed by atoms with van der Waals surface area (Å²) in [6, 6.07) is 7.59. The Bertz CT molecular complexity index is 1290. The Morgan fingerprint density at radius 2 is 2.00 bits per heavy atom. The van der Waals surface area contributed by atoms with E-state index in [1.807, 2.05) is 0 Å². The Balaban J connectivity index is 1.57. The van der Waals surface area contributed by atoms with E-state index in [1.54, 1.807) is 22.9 Å². The number of carbonyl (C=O) groups is 1. The zero-order chi connectivity index (χ0) is 22.9. The van der Waals surface area contributed by atoms with Gasteiger partial charge in [0.2, 0.25) is 0 Å². The van der Waals surface area contributed by atoms with Crippen molar-refractivity contribution in [3.8, 4) is 11.1 Å². The molecule has 6 nitrogen and oxygen atoms in total. The molecule has 3 aromatic rings. The average Bonchev–Trinajstić information content (AvgIpc) is 3.66. The molecule has 3 heterocycles. The second kappa shape index (κ2) is 8.98. The molecule has 0 radical (unpaired) electrons. The van der Waals surface area contributed by atoms with Gasteiger partial charge in [0.15, 0.2) is 0 Å². The summed E-state index contributed by atoms with van der Waals surface area (Å²) in [4.78, 5) is 30.2. The van der Waals surface area contributed by atoms with Crippen LogP contribution in [0.1, 0.15) is 41.7 Å². The first kappa shape index (κ1) is 21.6. The summed E-state index contributed by atoms with van der Waals surface area (Å²) < 4.78 is 16.4. The fraction of sp³-hybridized carbons (Fsp3) is 0.320. The van der Waals surface area contributed by atoms with Crippen molar-refractivity contribution < 1.29 is 9.18 Å². The summed E-state index contributed by atoms with van der Waals surface area (Å²) in [6.07, 6.45) is 7.97. The van der Waals surface area contributed by atoms with Gasteiger partial charge in [-0.15, -0.1) is 0 Å². The Labute approximate surface area is 195 Å². The largest absolute Gasteiger partial charge is 0.353 e. The molecule has 170 valence electrons. The van der Waals surface area contributed by atoms with Gasteiger partial charge in [0.1, 0.15) is 5.82 Å². The Hall–Kier alpha value is -3.19. The average molecular weight is 467 g/mol. The van der Waals surface area contributed by atoms with E-state index in [9.17, 15) is 14.0 Å². The molecule has 1 amide bonds. The number of benzene rings is 1. The van der Waals surface area contributed by atoms with Crippen molar-refractivity contribution in [3.05, 3.63) is 75.2 Å². The lowest BCUT2D eigenvalue weighted by Crippen LogP contribution is -2.29. The zero-order valence-electron chi connectivity index (χ0n) is 18.0. The van der Waals surface area contributed by atoms with E-state index in [1.165, 1.54) is 24.4 Å². The van der Waals surface area contributed by atoms with Gasteiger partial charge < -0.3 is 15.2 Å². The van der Waals surface area contributed by atoms with Gasteiger partial charge in [-0.2, -0.15) is 0 Å². The highest BCUT2D eigenvalue weighted by Crippen LogP contribution is 2.32. The minimum Gasteiger partial charge on any atom is -0.353 e. The summed E-state index contributed by atoms with van der Waals surface area (Å²) in [7, 11) is 0. The molecular weight excluding hydrogens is 443 g/mol. The normalized spacial score (nSPS) is 15.1. The molecule has 2 aromatic heterocycles. The quantitative estimate of drug-likeness (QED) is 0.540. The van der Waals surface area contributed by atoms with Gasteiger partial charge >= 0.3 is 0 Å². The summed E-state index contributed by atoms with van der Waals surface area (Å²) in [5, 5.41) is 6.66. The number of nitrogens with zero attached hydrogens (tertiary/aromatic N) is 2. The summed E-state index contributed by atoms with van der Waals surface area (Å²) >= 11 is 6.10. The minimum absolute atomic E-state index is 0.161. The van der Waals surface area contributed by atoms with Gasteiger partial charge in [0.25, 0.3) is 11.5 Å². The van der Waals surface area contributed by atoms with Crippen LogP contribution in [-0.4, -0.2) is 22.0 Å². The number of amides is 1. The van der Waals surface area contributed by atoms with Crippen LogP contribution in [0, 0.1) is 11.7 Å². The van der Waals surface area contributed by atoms with Gasteiger partial charge in [-0.1, -0.05) is 11.6 Å². The molecule has 0 unspecified atom stereocenters.